The molecule has 2 aliphatic heterocycles. The van der Waals surface area contributed by atoms with E-state index in [1.807, 2.05) is 6.92 Å². The monoisotopic (exact) mass is 429 g/mol. The number of piperidine rings is 2. The standard InChI is InChI=1S/C24H39N5O2/c1-4-31-24(30)29-11-9-22(10-12-29)27-23(25)26-14-20-7-5-6-8-21(20)17-28-15-18(2)13-19(3)16-28/h5-8,18-19,22H,4,9-17H2,1-3H3,(H3,25,26,27). The Morgan fingerprint density at radius 1 is 1.16 bits per heavy atom. The van der Waals surface area contributed by atoms with Gasteiger partial charge in [0.05, 0.1) is 13.2 Å². The van der Waals surface area contributed by atoms with Crippen LogP contribution in [0.5, 0.6) is 0 Å². The van der Waals surface area contributed by atoms with Crippen molar-refractivity contribution >= 4 is 12.1 Å². The largest absolute Gasteiger partial charge is 0.450 e. The third-order valence-corrected chi connectivity index (χ3v) is 6.25. The Morgan fingerprint density at radius 3 is 2.45 bits per heavy atom. The number of amides is 1. The molecule has 2 heterocycles. The van der Waals surface area contributed by atoms with Gasteiger partial charge in [0.1, 0.15) is 0 Å². The number of carbonyl (C=O) groups is 1. The molecule has 7 nitrogen and oxygen atoms in total. The number of nitrogens with zero attached hydrogens (tertiary/aromatic N) is 3. The molecule has 172 valence electrons. The number of carbonyl (C=O) groups excluding carboxylic acids is 1. The maximum absolute atomic E-state index is 11.8. The van der Waals surface area contributed by atoms with Crippen molar-refractivity contribution in [3.8, 4) is 0 Å². The van der Waals surface area contributed by atoms with Crippen molar-refractivity contribution in [1.82, 2.24) is 15.1 Å². The number of nitrogens with one attached hydrogen (secondary N) is 1. The Hall–Kier alpha value is -2.28. The number of aliphatic imine (C=N–C) groups is 1. The number of guanidine groups is 1. The summed E-state index contributed by atoms with van der Waals surface area (Å²) in [5.74, 6) is 1.98. The molecule has 2 aliphatic rings. The Balaban J connectivity index is 1.51. The molecule has 7 heteroatoms. The first-order valence-corrected chi connectivity index (χ1v) is 11.7. The summed E-state index contributed by atoms with van der Waals surface area (Å²) in [6, 6.07) is 8.79. The Kier molecular flexibility index (Phi) is 8.58. The van der Waals surface area contributed by atoms with Crippen LogP contribution in [-0.2, 0) is 17.8 Å². The second kappa shape index (κ2) is 11.4. The van der Waals surface area contributed by atoms with E-state index in [2.05, 4.69) is 53.3 Å². The average molecular weight is 430 g/mol. The van der Waals surface area contributed by atoms with Gasteiger partial charge in [-0.2, -0.15) is 0 Å². The highest BCUT2D eigenvalue weighted by molar-refractivity contribution is 5.78. The summed E-state index contributed by atoms with van der Waals surface area (Å²) < 4.78 is 5.08. The highest BCUT2D eigenvalue weighted by Gasteiger charge is 2.24. The van der Waals surface area contributed by atoms with Crippen LogP contribution >= 0.6 is 0 Å². The van der Waals surface area contributed by atoms with Crippen LogP contribution in [0, 0.1) is 11.8 Å². The maximum atomic E-state index is 11.8. The molecule has 2 fully saturated rings. The van der Waals surface area contributed by atoms with E-state index in [4.69, 9.17) is 10.5 Å². The van der Waals surface area contributed by atoms with Crippen molar-refractivity contribution in [1.29, 1.82) is 0 Å². The van der Waals surface area contributed by atoms with Gasteiger partial charge in [0.25, 0.3) is 0 Å². The van der Waals surface area contributed by atoms with E-state index in [0.29, 0.717) is 32.2 Å². The summed E-state index contributed by atoms with van der Waals surface area (Å²) in [5.41, 5.74) is 8.76. The lowest BCUT2D eigenvalue weighted by Crippen LogP contribution is -2.48. The smallest absolute Gasteiger partial charge is 0.409 e. The molecule has 1 aromatic rings. The number of hydrogen-bond acceptors (Lipinski definition) is 4. The first-order valence-electron chi connectivity index (χ1n) is 11.7. The van der Waals surface area contributed by atoms with Crippen LogP contribution in [-0.4, -0.2) is 60.7 Å². The van der Waals surface area contributed by atoms with Crippen LogP contribution in [0.2, 0.25) is 0 Å². The van der Waals surface area contributed by atoms with Gasteiger partial charge >= 0.3 is 6.09 Å². The van der Waals surface area contributed by atoms with Crippen molar-refractivity contribution in [3.63, 3.8) is 0 Å². The minimum atomic E-state index is -0.225. The summed E-state index contributed by atoms with van der Waals surface area (Å²) >= 11 is 0. The van der Waals surface area contributed by atoms with Crippen LogP contribution in [0.4, 0.5) is 4.79 Å². The van der Waals surface area contributed by atoms with Crippen molar-refractivity contribution in [2.75, 3.05) is 32.8 Å². The molecule has 0 spiro atoms. The van der Waals surface area contributed by atoms with Crippen LogP contribution in [0.3, 0.4) is 0 Å². The second-order valence-electron chi connectivity index (χ2n) is 9.21. The van der Waals surface area contributed by atoms with Crippen molar-refractivity contribution in [2.45, 2.75) is 59.2 Å². The predicted octanol–water partition coefficient (Wildman–Crippen LogP) is 3.19. The number of likely N-dealkylation sites (tertiary alicyclic amines) is 2. The molecule has 1 amide bonds. The predicted molar refractivity (Wildman–Crippen MR) is 125 cm³/mol. The van der Waals surface area contributed by atoms with Crippen LogP contribution in [0.15, 0.2) is 29.3 Å². The fourth-order valence-corrected chi connectivity index (χ4v) is 4.87. The first kappa shape index (κ1) is 23.4. The van der Waals surface area contributed by atoms with Crippen molar-refractivity contribution in [2.24, 2.45) is 22.6 Å². The minimum absolute atomic E-state index is 0.225. The summed E-state index contributed by atoms with van der Waals surface area (Å²) in [6.45, 7) is 12.2. The van der Waals surface area contributed by atoms with E-state index in [0.717, 1.165) is 44.3 Å². The van der Waals surface area contributed by atoms with Crippen LogP contribution in [0.25, 0.3) is 0 Å². The van der Waals surface area contributed by atoms with Gasteiger partial charge in [-0.1, -0.05) is 38.1 Å². The normalized spacial score (nSPS) is 23.6. The zero-order valence-corrected chi connectivity index (χ0v) is 19.3. The fraction of sp³-hybridized carbons (Fsp3) is 0.667. The molecule has 3 N–H and O–H groups in total. The lowest BCUT2D eigenvalue weighted by molar-refractivity contribution is 0.0963. The highest BCUT2D eigenvalue weighted by atomic mass is 16.6. The summed E-state index contributed by atoms with van der Waals surface area (Å²) in [7, 11) is 0. The first-order chi connectivity index (χ1) is 14.9. The van der Waals surface area contributed by atoms with Gasteiger partial charge in [-0.25, -0.2) is 9.79 Å². The molecule has 2 saturated heterocycles. The number of ether oxygens (including phenoxy) is 1. The van der Waals surface area contributed by atoms with Crippen molar-refractivity contribution in [3.05, 3.63) is 35.4 Å². The summed E-state index contributed by atoms with van der Waals surface area (Å²) in [5, 5.41) is 3.33. The molecule has 31 heavy (non-hydrogen) atoms. The molecule has 0 aromatic heterocycles. The molecule has 3 rings (SSSR count). The number of hydrogen-bond donors (Lipinski definition) is 2. The Labute approximate surface area is 187 Å². The molecule has 2 atom stereocenters. The lowest BCUT2D eigenvalue weighted by Gasteiger charge is -2.35. The highest BCUT2D eigenvalue weighted by Crippen LogP contribution is 2.23. The molecule has 0 saturated carbocycles. The summed E-state index contributed by atoms with van der Waals surface area (Å²) in [6.07, 6.45) is 2.79. The quantitative estimate of drug-likeness (QED) is 0.536. The van der Waals surface area contributed by atoms with E-state index in [1.54, 1.807) is 4.90 Å². The van der Waals surface area contributed by atoms with E-state index in [1.165, 1.54) is 17.5 Å². The molecule has 1 aromatic carbocycles. The molecular formula is C24H39N5O2. The second-order valence-corrected chi connectivity index (χ2v) is 9.21. The third-order valence-electron chi connectivity index (χ3n) is 6.25. The molecule has 2 unspecified atom stereocenters. The van der Waals surface area contributed by atoms with Gasteiger partial charge in [-0.3, -0.25) is 4.90 Å². The van der Waals surface area contributed by atoms with E-state index < -0.39 is 0 Å². The molecular weight excluding hydrogens is 390 g/mol. The van der Waals surface area contributed by atoms with E-state index in [9.17, 15) is 4.79 Å². The SMILES string of the molecule is CCOC(=O)N1CCC(NC(N)=NCc2ccccc2CN2CC(C)CC(C)C2)CC1. The zero-order chi connectivity index (χ0) is 22.2. The van der Waals surface area contributed by atoms with Gasteiger partial charge in [0.2, 0.25) is 0 Å². The maximum Gasteiger partial charge on any atom is 0.409 e. The van der Waals surface area contributed by atoms with Gasteiger partial charge in [-0.15, -0.1) is 0 Å². The van der Waals surface area contributed by atoms with Gasteiger partial charge in [-0.05, 0) is 49.1 Å². The average Bonchev–Trinajstić information content (AvgIpc) is 2.73. The minimum Gasteiger partial charge on any atom is -0.450 e. The third kappa shape index (κ3) is 7.13. The molecule has 0 aliphatic carbocycles. The lowest BCUT2D eigenvalue weighted by atomic mass is 9.91. The Morgan fingerprint density at radius 2 is 1.81 bits per heavy atom. The van der Waals surface area contributed by atoms with Gasteiger partial charge in [0.15, 0.2) is 5.96 Å². The molecule has 0 bridgehead atoms. The fourth-order valence-electron chi connectivity index (χ4n) is 4.87. The van der Waals surface area contributed by atoms with E-state index in [-0.39, 0.29) is 12.1 Å². The number of rotatable bonds is 6. The molecule has 0 radical (unpaired) electrons. The van der Waals surface area contributed by atoms with Crippen LogP contribution in [0.1, 0.15) is 51.2 Å². The van der Waals surface area contributed by atoms with Gasteiger partial charge < -0.3 is 20.7 Å². The Bertz CT molecular complexity index is 735. The van der Waals surface area contributed by atoms with Crippen molar-refractivity contribution < 1.29 is 9.53 Å². The van der Waals surface area contributed by atoms with E-state index >= 15 is 0 Å². The van der Waals surface area contributed by atoms with Crippen LogP contribution < -0.4 is 11.1 Å². The summed E-state index contributed by atoms with van der Waals surface area (Å²) in [4.78, 5) is 20.8. The zero-order valence-electron chi connectivity index (χ0n) is 19.3. The number of nitrogens with two attached hydrogens (primary N) is 1. The number of benzene rings is 1. The van der Waals surface area contributed by atoms with Gasteiger partial charge in [0, 0.05) is 38.8 Å². The topological polar surface area (TPSA) is 83.2 Å².